The van der Waals surface area contributed by atoms with Crippen LogP contribution in [-0.2, 0) is 17.8 Å². The van der Waals surface area contributed by atoms with Crippen LogP contribution in [-0.4, -0.2) is 18.5 Å². The second kappa shape index (κ2) is 11.6. The number of ether oxygens (including phenoxy) is 2. The fourth-order valence-corrected chi connectivity index (χ4v) is 5.15. The van der Waals surface area contributed by atoms with Crippen LogP contribution in [0.25, 0.3) is 6.08 Å². The van der Waals surface area contributed by atoms with Crippen molar-refractivity contribution in [1.29, 1.82) is 0 Å². The minimum atomic E-state index is -0.254. The third kappa shape index (κ3) is 6.47. The van der Waals surface area contributed by atoms with Crippen molar-refractivity contribution >= 4 is 68.6 Å². The number of carbonyl (C=O) groups excluding carboxylic acids is 1. The lowest BCUT2D eigenvalue weighted by atomic mass is 10.1. The molecule has 4 rings (SSSR count). The summed E-state index contributed by atoms with van der Waals surface area (Å²) in [4.78, 5) is 13.2. The summed E-state index contributed by atoms with van der Waals surface area (Å²) < 4.78 is 12.3. The molecule has 0 bridgehead atoms. The van der Waals surface area contributed by atoms with Gasteiger partial charge in [-0.2, -0.15) is 0 Å². The van der Waals surface area contributed by atoms with Gasteiger partial charge in [-0.3, -0.25) is 4.79 Å². The Hall–Kier alpha value is -2.32. The molecule has 182 valence electrons. The Morgan fingerprint density at radius 3 is 2.49 bits per heavy atom. The van der Waals surface area contributed by atoms with Gasteiger partial charge in [0, 0.05) is 10.2 Å². The van der Waals surface area contributed by atoms with Crippen molar-refractivity contribution < 1.29 is 14.3 Å². The lowest BCUT2D eigenvalue weighted by Crippen LogP contribution is -2.30. The lowest BCUT2D eigenvalue weighted by Gasteiger charge is -2.14. The van der Waals surface area contributed by atoms with Crippen LogP contribution in [0.1, 0.15) is 23.6 Å². The molecule has 35 heavy (non-hydrogen) atoms. The quantitative estimate of drug-likeness (QED) is 0.265. The van der Waals surface area contributed by atoms with E-state index in [4.69, 9.17) is 32.7 Å². The monoisotopic (exact) mass is 592 g/mol. The van der Waals surface area contributed by atoms with Crippen molar-refractivity contribution in [1.82, 2.24) is 5.32 Å². The highest BCUT2D eigenvalue weighted by molar-refractivity contribution is 9.10. The second-order valence-electron chi connectivity index (χ2n) is 7.74. The van der Waals surface area contributed by atoms with E-state index in [2.05, 4.69) is 45.6 Å². The third-order valence-corrected chi connectivity index (χ3v) is 7.79. The summed E-state index contributed by atoms with van der Waals surface area (Å²) in [6.45, 7) is 2.42. The van der Waals surface area contributed by atoms with Crippen molar-refractivity contribution in [2.45, 2.75) is 25.4 Å². The van der Waals surface area contributed by atoms with E-state index in [9.17, 15) is 4.79 Å². The van der Waals surface area contributed by atoms with Gasteiger partial charge in [0.05, 0.1) is 22.1 Å². The van der Waals surface area contributed by atoms with Crippen molar-refractivity contribution in [3.63, 3.8) is 0 Å². The molecule has 0 saturated carbocycles. The maximum absolute atomic E-state index is 12.6. The highest BCUT2D eigenvalue weighted by atomic mass is 79.9. The molecule has 3 aromatic carbocycles. The van der Waals surface area contributed by atoms with Gasteiger partial charge in [-0.1, -0.05) is 76.0 Å². The summed E-state index contributed by atoms with van der Waals surface area (Å²) in [6.07, 6.45) is 2.82. The number of benzene rings is 3. The van der Waals surface area contributed by atoms with Gasteiger partial charge in [0.25, 0.3) is 5.91 Å². The Morgan fingerprint density at radius 1 is 1.06 bits per heavy atom. The van der Waals surface area contributed by atoms with Crippen LogP contribution in [0, 0.1) is 0 Å². The summed E-state index contributed by atoms with van der Waals surface area (Å²) in [5, 5.41) is 7.27. The van der Waals surface area contributed by atoms with Gasteiger partial charge in [0.15, 0.2) is 17.0 Å². The number of aryl methyl sites for hydroxylation is 1. The number of hydrogen-bond acceptors (Lipinski definition) is 5. The van der Waals surface area contributed by atoms with E-state index in [1.54, 1.807) is 19.2 Å². The number of amides is 1. The summed E-state index contributed by atoms with van der Waals surface area (Å²) in [6, 6.07) is 17.2. The van der Waals surface area contributed by atoms with E-state index in [0.717, 1.165) is 27.7 Å². The maximum atomic E-state index is 12.6. The number of thioether (sulfide) groups is 1. The number of halogens is 3. The molecule has 9 heteroatoms. The van der Waals surface area contributed by atoms with Crippen LogP contribution in [0.5, 0.6) is 11.5 Å². The fourth-order valence-electron chi connectivity index (χ4n) is 3.42. The topological polar surface area (TPSA) is 59.6 Å². The molecular weight excluding hydrogens is 571 g/mol. The average Bonchev–Trinajstić information content (AvgIpc) is 3.19. The summed E-state index contributed by atoms with van der Waals surface area (Å²) in [7, 11) is 1.58. The van der Waals surface area contributed by atoms with Crippen molar-refractivity contribution in [2.24, 2.45) is 0 Å². The Balaban J connectivity index is 1.47. The number of methoxy groups -OCH3 is 1. The maximum Gasteiger partial charge on any atom is 0.260 e. The number of carbonyl (C=O) groups is 1. The third-order valence-electron chi connectivity index (χ3n) is 5.34. The molecule has 1 amide bonds. The Labute approximate surface area is 227 Å². The highest BCUT2D eigenvalue weighted by Crippen LogP contribution is 2.38. The fraction of sp³-hybridized carbons (Fsp3) is 0.192. The molecule has 2 N–H and O–H groups in total. The van der Waals surface area contributed by atoms with Gasteiger partial charge < -0.3 is 20.1 Å². The zero-order valence-corrected chi connectivity index (χ0v) is 22.9. The first-order valence-corrected chi connectivity index (χ1v) is 13.3. The van der Waals surface area contributed by atoms with Crippen molar-refractivity contribution in [3.05, 3.63) is 90.7 Å². The van der Waals surface area contributed by atoms with Gasteiger partial charge in [0.2, 0.25) is 0 Å². The average molecular weight is 594 g/mol. The summed E-state index contributed by atoms with van der Waals surface area (Å²) in [5.41, 5.74) is 3.64. The van der Waals surface area contributed by atoms with Crippen molar-refractivity contribution in [3.8, 4) is 11.5 Å². The van der Waals surface area contributed by atoms with Gasteiger partial charge in [-0.25, -0.2) is 0 Å². The zero-order valence-electron chi connectivity index (χ0n) is 19.0. The molecule has 0 unspecified atom stereocenters. The Kier molecular flexibility index (Phi) is 8.55. The molecule has 5 nitrogen and oxygen atoms in total. The van der Waals surface area contributed by atoms with Crippen LogP contribution in [0.4, 0.5) is 5.69 Å². The molecule has 0 aromatic heterocycles. The lowest BCUT2D eigenvalue weighted by molar-refractivity contribution is -0.116. The molecule has 3 aromatic rings. The van der Waals surface area contributed by atoms with E-state index >= 15 is 0 Å². The van der Waals surface area contributed by atoms with E-state index < -0.39 is 0 Å². The molecule has 1 saturated heterocycles. The van der Waals surface area contributed by atoms with Crippen LogP contribution in [0.2, 0.25) is 10.0 Å². The predicted molar refractivity (Wildman–Crippen MR) is 148 cm³/mol. The second-order valence-corrected chi connectivity index (χ2v) is 10.6. The zero-order chi connectivity index (χ0) is 24.9. The molecule has 0 radical (unpaired) electrons. The summed E-state index contributed by atoms with van der Waals surface area (Å²) in [5.74, 6) is 0.976. The number of nitrogens with one attached hydrogen (secondary N) is 2. The Morgan fingerprint density at radius 2 is 1.80 bits per heavy atom. The predicted octanol–water partition coefficient (Wildman–Crippen LogP) is 7.51. The SMILES string of the molecule is CCc1ccc(N[C@H]2NC(=O)/C(=C/c3cc(OC)c(OCc4ccc(Cl)c(Cl)c4)cc3Br)S2)cc1. The first kappa shape index (κ1) is 25.8. The van der Waals surface area contributed by atoms with E-state index in [-0.39, 0.29) is 11.4 Å². The van der Waals surface area contributed by atoms with Crippen molar-refractivity contribution in [2.75, 3.05) is 12.4 Å². The molecule has 0 aliphatic carbocycles. The molecule has 1 aliphatic rings. The van der Waals surface area contributed by atoms with Gasteiger partial charge >= 0.3 is 0 Å². The largest absolute Gasteiger partial charge is 0.493 e. The van der Waals surface area contributed by atoms with Gasteiger partial charge in [-0.05, 0) is 65.6 Å². The van der Waals surface area contributed by atoms with Crippen LogP contribution >= 0.6 is 50.9 Å². The Bertz CT molecular complexity index is 1270. The van der Waals surface area contributed by atoms with Crippen LogP contribution in [0.15, 0.2) is 64.0 Å². The standard InChI is InChI=1S/C26H23BrCl2N2O3S/c1-3-15-4-7-18(8-5-15)30-26-31-25(32)24(35-26)12-17-11-22(33-2)23(13-19(17)27)34-14-16-6-9-20(28)21(29)10-16/h4-13,26,30H,3,14H2,1-2H3,(H,31,32)/b24-12-/t26-/m0/s1. The smallest absolute Gasteiger partial charge is 0.260 e. The minimum absolute atomic E-state index is 0.136. The van der Waals surface area contributed by atoms with E-state index in [1.807, 2.05) is 36.4 Å². The number of rotatable bonds is 8. The normalized spacial score (nSPS) is 16.3. The number of anilines is 1. The molecule has 0 spiro atoms. The molecule has 1 fully saturated rings. The number of hydrogen-bond donors (Lipinski definition) is 2. The highest BCUT2D eigenvalue weighted by Gasteiger charge is 2.27. The minimum Gasteiger partial charge on any atom is -0.493 e. The van der Waals surface area contributed by atoms with E-state index in [1.165, 1.54) is 17.3 Å². The first-order valence-electron chi connectivity index (χ1n) is 10.8. The van der Waals surface area contributed by atoms with Gasteiger partial charge in [-0.15, -0.1) is 0 Å². The molecule has 1 heterocycles. The van der Waals surface area contributed by atoms with Crippen LogP contribution < -0.4 is 20.1 Å². The van der Waals surface area contributed by atoms with E-state index in [0.29, 0.717) is 33.1 Å². The molecule has 1 atom stereocenters. The van der Waals surface area contributed by atoms with Gasteiger partial charge in [0.1, 0.15) is 6.61 Å². The first-order chi connectivity index (χ1) is 16.9. The molecular formula is C26H23BrCl2N2O3S. The summed E-state index contributed by atoms with van der Waals surface area (Å²) >= 11 is 17.1. The molecule has 1 aliphatic heterocycles. The van der Waals surface area contributed by atoms with Crippen LogP contribution in [0.3, 0.4) is 0 Å².